The fourth-order valence-corrected chi connectivity index (χ4v) is 2.26. The van der Waals surface area contributed by atoms with Crippen molar-refractivity contribution >= 4 is 5.69 Å². The van der Waals surface area contributed by atoms with E-state index in [1.165, 1.54) is 0 Å². The maximum absolute atomic E-state index is 14.4. The second-order valence-electron chi connectivity index (χ2n) is 5.06. The molecule has 0 aliphatic rings. The smallest absolute Gasteiger partial charge is 0.146 e. The van der Waals surface area contributed by atoms with Gasteiger partial charge in [-0.15, -0.1) is 0 Å². The zero-order valence-corrected chi connectivity index (χ0v) is 13.5. The van der Waals surface area contributed by atoms with E-state index in [1.807, 2.05) is 30.9 Å². The number of hydrogen-bond acceptors (Lipinski definition) is 4. The molecule has 0 radical (unpaired) electrons. The second kappa shape index (κ2) is 9.71. The predicted molar refractivity (Wildman–Crippen MR) is 84.3 cm³/mol. The molecule has 1 aromatic carbocycles. The molecule has 1 unspecified atom stereocenters. The summed E-state index contributed by atoms with van der Waals surface area (Å²) in [6.45, 7) is 7.32. The molecule has 0 saturated carbocycles. The molecule has 0 saturated heterocycles. The van der Waals surface area contributed by atoms with E-state index >= 15 is 0 Å². The van der Waals surface area contributed by atoms with Crippen molar-refractivity contribution in [2.24, 2.45) is 0 Å². The molecule has 0 aliphatic heterocycles. The zero-order valence-electron chi connectivity index (χ0n) is 13.5. The van der Waals surface area contributed by atoms with E-state index in [1.54, 1.807) is 20.3 Å². The molecule has 0 bridgehead atoms. The Morgan fingerprint density at radius 3 is 2.62 bits per heavy atom. The van der Waals surface area contributed by atoms with E-state index in [9.17, 15) is 4.39 Å². The van der Waals surface area contributed by atoms with Crippen molar-refractivity contribution in [3.05, 3.63) is 29.6 Å². The number of rotatable bonds is 10. The number of hydrogen-bond donors (Lipinski definition) is 1. The lowest BCUT2D eigenvalue weighted by atomic mass is 10.1. The topological polar surface area (TPSA) is 33.7 Å². The molecule has 5 heteroatoms. The van der Waals surface area contributed by atoms with Gasteiger partial charge in [-0.05, 0) is 31.2 Å². The summed E-state index contributed by atoms with van der Waals surface area (Å²) in [5.41, 5.74) is 1.54. The molecule has 4 nitrogen and oxygen atoms in total. The summed E-state index contributed by atoms with van der Waals surface area (Å²) >= 11 is 0. The van der Waals surface area contributed by atoms with Crippen LogP contribution in [0.1, 0.15) is 19.4 Å². The number of nitrogens with one attached hydrogen (secondary N) is 1. The molecule has 120 valence electrons. The molecule has 0 amide bonds. The zero-order chi connectivity index (χ0) is 15.7. The summed E-state index contributed by atoms with van der Waals surface area (Å²) < 4.78 is 24.7. The summed E-state index contributed by atoms with van der Waals surface area (Å²) in [7, 11) is 3.30. The lowest BCUT2D eigenvalue weighted by Gasteiger charge is -2.31. The minimum Gasteiger partial charge on any atom is -0.383 e. The van der Waals surface area contributed by atoms with Crippen molar-refractivity contribution in [1.29, 1.82) is 0 Å². The highest BCUT2D eigenvalue weighted by atomic mass is 19.1. The SMILES string of the molecule is CCNCc1ccc(N(CCOC)C(C)COC)c(F)c1. The van der Waals surface area contributed by atoms with Crippen LogP contribution >= 0.6 is 0 Å². The van der Waals surface area contributed by atoms with Gasteiger partial charge in [0.15, 0.2) is 0 Å². The van der Waals surface area contributed by atoms with Crippen LogP contribution in [0.15, 0.2) is 18.2 Å². The van der Waals surface area contributed by atoms with E-state index < -0.39 is 0 Å². The third kappa shape index (κ3) is 5.61. The lowest BCUT2D eigenvalue weighted by Crippen LogP contribution is -2.39. The maximum atomic E-state index is 14.4. The van der Waals surface area contributed by atoms with E-state index in [-0.39, 0.29) is 11.9 Å². The molecule has 1 atom stereocenters. The highest BCUT2D eigenvalue weighted by Gasteiger charge is 2.18. The van der Waals surface area contributed by atoms with Crippen molar-refractivity contribution in [2.45, 2.75) is 26.4 Å². The predicted octanol–water partition coefficient (Wildman–Crippen LogP) is 2.42. The quantitative estimate of drug-likeness (QED) is 0.719. The Kier molecular flexibility index (Phi) is 8.27. The first-order chi connectivity index (χ1) is 10.1. The van der Waals surface area contributed by atoms with Gasteiger partial charge in [0.05, 0.1) is 18.9 Å². The van der Waals surface area contributed by atoms with Crippen LogP contribution in [-0.4, -0.2) is 46.6 Å². The third-order valence-corrected chi connectivity index (χ3v) is 3.38. The van der Waals surface area contributed by atoms with Gasteiger partial charge in [0.1, 0.15) is 5.82 Å². The van der Waals surface area contributed by atoms with Gasteiger partial charge in [0, 0.05) is 33.4 Å². The first kappa shape index (κ1) is 17.9. The maximum Gasteiger partial charge on any atom is 0.146 e. The minimum atomic E-state index is -0.204. The van der Waals surface area contributed by atoms with Gasteiger partial charge in [-0.3, -0.25) is 0 Å². The highest BCUT2D eigenvalue weighted by Crippen LogP contribution is 2.23. The Balaban J connectivity index is 2.90. The van der Waals surface area contributed by atoms with Crippen molar-refractivity contribution in [1.82, 2.24) is 5.32 Å². The Morgan fingerprint density at radius 2 is 2.05 bits per heavy atom. The van der Waals surface area contributed by atoms with Crippen LogP contribution in [-0.2, 0) is 16.0 Å². The van der Waals surface area contributed by atoms with Gasteiger partial charge in [-0.2, -0.15) is 0 Å². The van der Waals surface area contributed by atoms with Gasteiger partial charge in [-0.1, -0.05) is 13.0 Å². The summed E-state index contributed by atoms with van der Waals surface area (Å²) in [6, 6.07) is 5.47. The largest absolute Gasteiger partial charge is 0.383 e. The standard InChI is InChI=1S/C16H27FN2O2/c1-5-18-11-14-6-7-16(15(17)10-14)19(8-9-20-3)13(2)12-21-4/h6-7,10,13,18H,5,8-9,11-12H2,1-4H3. The van der Waals surface area contributed by atoms with Crippen LogP contribution in [0.4, 0.5) is 10.1 Å². The van der Waals surface area contributed by atoms with E-state index in [2.05, 4.69) is 5.32 Å². The third-order valence-electron chi connectivity index (χ3n) is 3.38. The Bertz CT molecular complexity index is 415. The molecule has 0 fully saturated rings. The van der Waals surface area contributed by atoms with Crippen LogP contribution in [0.2, 0.25) is 0 Å². The van der Waals surface area contributed by atoms with Gasteiger partial charge in [0.2, 0.25) is 0 Å². The number of halogens is 1. The second-order valence-corrected chi connectivity index (χ2v) is 5.06. The molecule has 0 spiro atoms. The Hall–Kier alpha value is -1.17. The number of methoxy groups -OCH3 is 2. The van der Waals surface area contributed by atoms with Crippen LogP contribution in [0.3, 0.4) is 0 Å². The van der Waals surface area contributed by atoms with Crippen molar-refractivity contribution in [2.75, 3.05) is 45.4 Å². The van der Waals surface area contributed by atoms with Crippen molar-refractivity contribution < 1.29 is 13.9 Å². The van der Waals surface area contributed by atoms with Crippen molar-refractivity contribution in [3.8, 4) is 0 Å². The van der Waals surface area contributed by atoms with Crippen LogP contribution < -0.4 is 10.2 Å². The lowest BCUT2D eigenvalue weighted by molar-refractivity contribution is 0.170. The van der Waals surface area contributed by atoms with Gasteiger partial charge in [-0.25, -0.2) is 4.39 Å². The van der Waals surface area contributed by atoms with E-state index in [0.29, 0.717) is 32.0 Å². The molecule has 1 aromatic rings. The van der Waals surface area contributed by atoms with Crippen LogP contribution in [0.25, 0.3) is 0 Å². The molecule has 0 heterocycles. The molecule has 1 N–H and O–H groups in total. The van der Waals surface area contributed by atoms with E-state index in [0.717, 1.165) is 12.1 Å². The Labute approximate surface area is 127 Å². The number of ether oxygens (including phenoxy) is 2. The first-order valence-corrected chi connectivity index (χ1v) is 7.37. The summed E-state index contributed by atoms with van der Waals surface area (Å²) in [4.78, 5) is 1.99. The number of nitrogens with zero attached hydrogens (tertiary/aromatic N) is 1. The molecule has 1 rings (SSSR count). The van der Waals surface area contributed by atoms with Crippen LogP contribution in [0.5, 0.6) is 0 Å². The molecule has 0 aromatic heterocycles. The molecule has 21 heavy (non-hydrogen) atoms. The number of anilines is 1. The summed E-state index contributed by atoms with van der Waals surface area (Å²) in [5, 5.41) is 3.20. The fraction of sp³-hybridized carbons (Fsp3) is 0.625. The summed E-state index contributed by atoms with van der Waals surface area (Å²) in [6.07, 6.45) is 0. The Morgan fingerprint density at radius 1 is 1.29 bits per heavy atom. The first-order valence-electron chi connectivity index (χ1n) is 7.37. The molecule has 0 aliphatic carbocycles. The summed E-state index contributed by atoms with van der Waals surface area (Å²) in [5.74, 6) is -0.204. The normalized spacial score (nSPS) is 12.4. The van der Waals surface area contributed by atoms with Crippen LogP contribution in [0, 0.1) is 5.82 Å². The molecular weight excluding hydrogens is 271 g/mol. The van der Waals surface area contributed by atoms with Gasteiger partial charge >= 0.3 is 0 Å². The molecular formula is C16H27FN2O2. The fourth-order valence-electron chi connectivity index (χ4n) is 2.26. The minimum absolute atomic E-state index is 0.0827. The number of benzene rings is 1. The van der Waals surface area contributed by atoms with Gasteiger partial charge < -0.3 is 19.7 Å². The monoisotopic (exact) mass is 298 g/mol. The van der Waals surface area contributed by atoms with E-state index in [4.69, 9.17) is 9.47 Å². The average Bonchev–Trinajstić information content (AvgIpc) is 2.47. The van der Waals surface area contributed by atoms with Crippen molar-refractivity contribution in [3.63, 3.8) is 0 Å². The highest BCUT2D eigenvalue weighted by molar-refractivity contribution is 5.50. The average molecular weight is 298 g/mol. The van der Waals surface area contributed by atoms with Gasteiger partial charge in [0.25, 0.3) is 0 Å².